The zero-order chi connectivity index (χ0) is 15.0. The number of benzene rings is 1. The average molecular weight is 290 g/mol. The third-order valence-corrected chi connectivity index (χ3v) is 4.71. The zero-order valence-electron chi connectivity index (χ0n) is 12.8. The van der Waals surface area contributed by atoms with Gasteiger partial charge in [0.25, 0.3) is 5.91 Å². The van der Waals surface area contributed by atoms with Crippen molar-refractivity contribution in [2.24, 2.45) is 5.73 Å². The molecule has 0 radical (unpaired) electrons. The van der Waals surface area contributed by atoms with Gasteiger partial charge in [-0.25, -0.2) is 0 Å². The molecule has 2 heterocycles. The molecule has 1 aromatic rings. The number of likely N-dealkylation sites (tertiary alicyclic amines) is 1. The van der Waals surface area contributed by atoms with E-state index in [9.17, 15) is 4.79 Å². The number of hydrogen-bond acceptors (Lipinski definition) is 3. The molecule has 0 aromatic heterocycles. The smallest absolute Gasteiger partial charge is 0.253 e. The summed E-state index contributed by atoms with van der Waals surface area (Å²) >= 11 is 0. The molecule has 2 aliphatic heterocycles. The van der Waals surface area contributed by atoms with E-state index in [2.05, 4.69) is 32.2 Å². The molecule has 2 atom stereocenters. The molecule has 2 saturated heterocycles. The van der Waals surface area contributed by atoms with Crippen molar-refractivity contribution in [1.82, 2.24) is 4.48 Å². The fraction of sp³-hybridized carbons (Fsp3) is 0.562. The maximum absolute atomic E-state index is 12.0. The van der Waals surface area contributed by atoms with Gasteiger partial charge in [0.1, 0.15) is 12.3 Å². The summed E-state index contributed by atoms with van der Waals surface area (Å²) in [6, 6.07) is 6.70. The summed E-state index contributed by atoms with van der Waals surface area (Å²) in [7, 11) is 2.24. The third-order valence-electron chi connectivity index (χ3n) is 4.71. The molecule has 5 heteroatoms. The number of nitrogens with zero attached hydrogens (tertiary/aromatic N) is 2. The summed E-state index contributed by atoms with van der Waals surface area (Å²) in [5.41, 5.74) is 9.49. The number of amides is 1. The number of nitrogens with two attached hydrogens (primary N) is 1. The summed E-state index contributed by atoms with van der Waals surface area (Å²) < 4.78 is 6.09. The number of aryl methyl sites for hydroxylation is 1. The standard InChI is InChI=1S/C16H24N3O2/c1-12-9-14(19(2)7-5-13(17)10-19)3-4-15(12)18-6-8-21-11-16(18)20/h3-4,9,13H,5-8,10-11,17H2,1-2H3/q+1. The van der Waals surface area contributed by atoms with Crippen LogP contribution in [0.15, 0.2) is 18.2 Å². The van der Waals surface area contributed by atoms with Crippen molar-refractivity contribution >= 4 is 17.3 Å². The van der Waals surface area contributed by atoms with Crippen LogP contribution in [0.2, 0.25) is 0 Å². The fourth-order valence-electron chi connectivity index (χ4n) is 3.44. The van der Waals surface area contributed by atoms with Gasteiger partial charge in [-0.3, -0.25) is 9.28 Å². The maximum atomic E-state index is 12.0. The highest BCUT2D eigenvalue weighted by molar-refractivity contribution is 5.95. The van der Waals surface area contributed by atoms with Gasteiger partial charge in [0.05, 0.1) is 32.8 Å². The lowest BCUT2D eigenvalue weighted by molar-refractivity contribution is -0.125. The first-order valence-corrected chi connectivity index (χ1v) is 7.59. The Morgan fingerprint density at radius 3 is 2.86 bits per heavy atom. The lowest BCUT2D eigenvalue weighted by Gasteiger charge is -2.32. The molecular weight excluding hydrogens is 266 g/mol. The largest absolute Gasteiger partial charge is 0.370 e. The van der Waals surface area contributed by atoms with Crippen molar-refractivity contribution in [3.8, 4) is 0 Å². The molecule has 1 amide bonds. The van der Waals surface area contributed by atoms with Gasteiger partial charge in [-0.05, 0) is 18.6 Å². The second-order valence-corrected chi connectivity index (χ2v) is 6.42. The molecule has 0 saturated carbocycles. The number of carbonyl (C=O) groups excluding carboxylic acids is 1. The van der Waals surface area contributed by atoms with Crippen molar-refractivity contribution in [1.29, 1.82) is 0 Å². The Balaban J connectivity index is 1.88. The number of quaternary nitrogens is 1. The molecule has 0 bridgehead atoms. The van der Waals surface area contributed by atoms with E-state index in [1.165, 1.54) is 5.69 Å². The second-order valence-electron chi connectivity index (χ2n) is 6.42. The minimum atomic E-state index is 0.0423. The molecule has 2 fully saturated rings. The predicted molar refractivity (Wildman–Crippen MR) is 84.4 cm³/mol. The monoisotopic (exact) mass is 290 g/mol. The summed E-state index contributed by atoms with van der Waals surface area (Å²) in [5, 5.41) is 0. The van der Waals surface area contributed by atoms with E-state index in [-0.39, 0.29) is 18.6 Å². The Labute approximate surface area is 125 Å². The van der Waals surface area contributed by atoms with Crippen LogP contribution in [0, 0.1) is 6.92 Å². The first-order valence-electron chi connectivity index (χ1n) is 7.59. The molecule has 0 aliphatic carbocycles. The molecule has 2 N–H and O–H groups in total. The number of ether oxygens (including phenoxy) is 1. The highest BCUT2D eigenvalue weighted by Gasteiger charge is 2.35. The van der Waals surface area contributed by atoms with Crippen molar-refractivity contribution in [3.05, 3.63) is 23.8 Å². The second kappa shape index (κ2) is 5.40. The van der Waals surface area contributed by atoms with Crippen molar-refractivity contribution in [2.75, 3.05) is 44.8 Å². The zero-order valence-corrected chi connectivity index (χ0v) is 12.8. The topological polar surface area (TPSA) is 55.6 Å². The number of hydrogen-bond donors (Lipinski definition) is 1. The average Bonchev–Trinajstić information content (AvgIpc) is 2.81. The van der Waals surface area contributed by atoms with E-state index in [4.69, 9.17) is 10.5 Å². The van der Waals surface area contributed by atoms with E-state index < -0.39 is 0 Å². The van der Waals surface area contributed by atoms with Gasteiger partial charge in [-0.2, -0.15) is 0 Å². The van der Waals surface area contributed by atoms with Crippen LogP contribution < -0.4 is 15.1 Å². The Morgan fingerprint density at radius 2 is 2.24 bits per heavy atom. The van der Waals surface area contributed by atoms with E-state index in [1.54, 1.807) is 0 Å². The van der Waals surface area contributed by atoms with Gasteiger partial charge in [0.15, 0.2) is 0 Å². The maximum Gasteiger partial charge on any atom is 0.253 e. The number of anilines is 1. The molecular formula is C16H24N3O2+. The molecule has 5 nitrogen and oxygen atoms in total. The molecule has 2 unspecified atom stereocenters. The Hall–Kier alpha value is -1.43. The normalized spacial score (nSPS) is 30.0. The molecule has 114 valence electrons. The van der Waals surface area contributed by atoms with Crippen LogP contribution in [0.1, 0.15) is 12.0 Å². The number of morpholine rings is 1. The SMILES string of the molecule is Cc1cc([N+]2(C)CCC(N)C2)ccc1N1CCOCC1=O. The highest BCUT2D eigenvalue weighted by atomic mass is 16.5. The summed E-state index contributed by atoms with van der Waals surface area (Å²) in [4.78, 5) is 13.8. The summed E-state index contributed by atoms with van der Waals surface area (Å²) in [6.45, 7) is 5.56. The van der Waals surface area contributed by atoms with Crippen LogP contribution in [0.4, 0.5) is 11.4 Å². The van der Waals surface area contributed by atoms with Gasteiger partial charge in [-0.15, -0.1) is 0 Å². The lowest BCUT2D eigenvalue weighted by Crippen LogP contribution is -2.45. The molecule has 21 heavy (non-hydrogen) atoms. The minimum absolute atomic E-state index is 0.0423. The Bertz CT molecular complexity index is 560. The van der Waals surface area contributed by atoms with Gasteiger partial charge in [0, 0.05) is 30.8 Å². The Morgan fingerprint density at radius 1 is 1.43 bits per heavy atom. The quantitative estimate of drug-likeness (QED) is 0.828. The summed E-state index contributed by atoms with van der Waals surface area (Å²) in [6.07, 6.45) is 1.07. The molecule has 3 rings (SSSR count). The van der Waals surface area contributed by atoms with Gasteiger partial charge >= 0.3 is 0 Å². The highest BCUT2D eigenvalue weighted by Crippen LogP contribution is 2.32. The van der Waals surface area contributed by atoms with E-state index >= 15 is 0 Å². The molecule has 2 aliphatic rings. The van der Waals surface area contributed by atoms with Crippen molar-refractivity contribution in [3.63, 3.8) is 0 Å². The Kier molecular flexibility index (Phi) is 3.73. The molecule has 0 spiro atoms. The first-order chi connectivity index (χ1) is 9.99. The third kappa shape index (κ3) is 2.69. The van der Waals surface area contributed by atoms with E-state index in [1.807, 2.05) is 4.90 Å². The predicted octanol–water partition coefficient (Wildman–Crippen LogP) is 1.03. The summed E-state index contributed by atoms with van der Waals surface area (Å²) in [5.74, 6) is 0.0423. The van der Waals surface area contributed by atoms with E-state index in [0.29, 0.717) is 13.2 Å². The van der Waals surface area contributed by atoms with Crippen LogP contribution in [0.5, 0.6) is 0 Å². The van der Waals surface area contributed by atoms with Gasteiger partial charge < -0.3 is 15.4 Å². The number of carbonyl (C=O) groups is 1. The van der Waals surface area contributed by atoms with Crippen LogP contribution in [0.3, 0.4) is 0 Å². The molecule has 1 aromatic carbocycles. The van der Waals surface area contributed by atoms with Gasteiger partial charge in [-0.1, -0.05) is 0 Å². The van der Waals surface area contributed by atoms with Crippen LogP contribution in [-0.2, 0) is 9.53 Å². The first kappa shape index (κ1) is 14.5. The number of likely N-dealkylation sites (N-methyl/N-ethyl adjacent to an activating group) is 1. The number of rotatable bonds is 2. The lowest BCUT2D eigenvalue weighted by atomic mass is 10.1. The fourth-order valence-corrected chi connectivity index (χ4v) is 3.44. The van der Waals surface area contributed by atoms with Crippen LogP contribution in [-0.4, -0.2) is 51.8 Å². The van der Waals surface area contributed by atoms with Gasteiger partial charge in [0.2, 0.25) is 0 Å². The van der Waals surface area contributed by atoms with Crippen LogP contribution >= 0.6 is 0 Å². The van der Waals surface area contributed by atoms with Crippen molar-refractivity contribution < 1.29 is 9.53 Å². The van der Waals surface area contributed by atoms with E-state index in [0.717, 1.165) is 35.2 Å². The van der Waals surface area contributed by atoms with Crippen LogP contribution in [0.25, 0.3) is 0 Å². The van der Waals surface area contributed by atoms with Crippen molar-refractivity contribution in [2.45, 2.75) is 19.4 Å². The minimum Gasteiger partial charge on any atom is -0.370 e.